The lowest BCUT2D eigenvalue weighted by Gasteiger charge is -2.48. The molecule has 4 heterocycles. The second-order valence-electron chi connectivity index (χ2n) is 17.7. The molecule has 0 radical (unpaired) electrons. The normalized spacial score (nSPS) is 46.8. The molecule has 4 rings (SSSR count). The van der Waals surface area contributed by atoms with Crippen molar-refractivity contribution >= 4 is 5.91 Å². The fourth-order valence-corrected chi connectivity index (χ4v) is 9.32. The predicted molar refractivity (Wildman–Crippen MR) is 198 cm³/mol. The molecule has 4 aliphatic heterocycles. The van der Waals surface area contributed by atoms with E-state index in [0.717, 1.165) is 5.57 Å². The van der Waals surface area contributed by atoms with Crippen LogP contribution in [-0.4, -0.2) is 124 Å². The van der Waals surface area contributed by atoms with Crippen molar-refractivity contribution in [1.29, 1.82) is 0 Å². The van der Waals surface area contributed by atoms with Gasteiger partial charge >= 0.3 is 0 Å². The predicted octanol–water partition coefficient (Wildman–Crippen LogP) is 4.66. The number of likely N-dealkylation sites (N-methyl/N-ethyl adjacent to an activating group) is 1. The van der Waals surface area contributed by atoms with E-state index >= 15 is 0 Å². The zero-order valence-corrected chi connectivity index (χ0v) is 34.5. The number of nitrogens with one attached hydrogen (secondary N) is 1. The molecule has 4 N–H and O–H groups in total. The number of carbonyl (C=O) groups excluding carboxylic acids is 1. The maximum absolute atomic E-state index is 14.4. The van der Waals surface area contributed by atoms with E-state index in [1.165, 1.54) is 0 Å². The highest BCUT2D eigenvalue weighted by Gasteiger charge is 2.55. The third kappa shape index (κ3) is 9.02. The molecule has 3 unspecified atom stereocenters. The van der Waals surface area contributed by atoms with Crippen LogP contribution in [0.2, 0.25) is 0 Å². The Bertz CT molecular complexity index is 1250. The number of carbonyl (C=O) groups is 1. The van der Waals surface area contributed by atoms with Gasteiger partial charge in [-0.15, -0.1) is 0 Å². The fourth-order valence-electron chi connectivity index (χ4n) is 9.32. The molecule has 3 fully saturated rings. The minimum atomic E-state index is -1.68. The lowest BCUT2D eigenvalue weighted by Crippen LogP contribution is -2.61. The van der Waals surface area contributed by atoms with E-state index in [4.69, 9.17) is 28.4 Å². The minimum Gasteiger partial charge on any atom is -0.489 e. The van der Waals surface area contributed by atoms with Crippen molar-refractivity contribution in [3.63, 3.8) is 0 Å². The van der Waals surface area contributed by atoms with E-state index in [1.807, 2.05) is 69.4 Å². The Labute approximate surface area is 313 Å². The Balaban J connectivity index is 1.84. The Morgan fingerprint density at radius 2 is 1.65 bits per heavy atom. The summed E-state index contributed by atoms with van der Waals surface area (Å²) in [6, 6.07) is -0.762. The van der Waals surface area contributed by atoms with Crippen LogP contribution in [-0.2, 0) is 33.2 Å². The van der Waals surface area contributed by atoms with Gasteiger partial charge in [0.25, 0.3) is 0 Å². The molecule has 0 aromatic carbocycles. The SMILES string of the molecule is CCCC1NC(=O)[C@H](C)[C@@H](OC2C[C@@](C)(OC)C[C@H](C)O2)[C@H](C)[C@@H](OC2O[C@H](C)C[C@H](N(C)C(C)C)[C@H]2O)[C@@]2(C)CC(C)=C(O2)[C@H](C)[C@@H](O)[C@]1(C)O. The number of aliphatic hydroxyl groups excluding tert-OH is 2. The summed E-state index contributed by atoms with van der Waals surface area (Å²) >= 11 is 0. The van der Waals surface area contributed by atoms with Crippen molar-refractivity contribution in [2.75, 3.05) is 14.2 Å². The smallest absolute Gasteiger partial charge is 0.225 e. The molecule has 0 spiro atoms. The van der Waals surface area contributed by atoms with Crippen molar-refractivity contribution < 1.29 is 48.5 Å². The largest absolute Gasteiger partial charge is 0.489 e. The van der Waals surface area contributed by atoms with Crippen molar-refractivity contribution in [2.24, 2.45) is 17.8 Å². The molecule has 2 bridgehead atoms. The van der Waals surface area contributed by atoms with Crippen LogP contribution in [0.3, 0.4) is 0 Å². The molecular formula is C40H72N2O10. The Morgan fingerprint density at radius 3 is 2.25 bits per heavy atom. The summed E-state index contributed by atoms with van der Waals surface area (Å²) in [7, 11) is 3.70. The number of nitrogens with zero attached hydrogens (tertiary/aromatic N) is 1. The van der Waals surface area contributed by atoms with Gasteiger partial charge in [-0.3, -0.25) is 9.69 Å². The van der Waals surface area contributed by atoms with Gasteiger partial charge in [-0.2, -0.15) is 0 Å². The second kappa shape index (κ2) is 16.8. The van der Waals surface area contributed by atoms with Gasteiger partial charge in [0.05, 0.1) is 42.0 Å². The number of aliphatic hydroxyl groups is 3. The highest BCUT2D eigenvalue weighted by molar-refractivity contribution is 5.79. The molecule has 4 aliphatic rings. The summed E-state index contributed by atoms with van der Waals surface area (Å²) in [6.45, 7) is 23.4. The summed E-state index contributed by atoms with van der Waals surface area (Å²) in [5.41, 5.74) is -2.25. The van der Waals surface area contributed by atoms with Crippen LogP contribution in [0.15, 0.2) is 11.3 Å². The monoisotopic (exact) mass is 741 g/mol. The highest BCUT2D eigenvalue weighted by Crippen LogP contribution is 2.47. The molecule has 0 aromatic heterocycles. The lowest BCUT2D eigenvalue weighted by molar-refractivity contribution is -0.309. The van der Waals surface area contributed by atoms with Crippen molar-refractivity contribution in [3.8, 4) is 0 Å². The van der Waals surface area contributed by atoms with Crippen molar-refractivity contribution in [3.05, 3.63) is 11.3 Å². The summed E-state index contributed by atoms with van der Waals surface area (Å²) in [5, 5.41) is 38.8. The van der Waals surface area contributed by atoms with Gasteiger partial charge in [0, 0.05) is 50.3 Å². The number of hydrogen-bond acceptors (Lipinski definition) is 11. The van der Waals surface area contributed by atoms with Gasteiger partial charge in [-0.05, 0) is 80.9 Å². The van der Waals surface area contributed by atoms with Crippen LogP contribution in [0.4, 0.5) is 0 Å². The molecule has 16 atom stereocenters. The molecule has 52 heavy (non-hydrogen) atoms. The Morgan fingerprint density at radius 1 is 1.00 bits per heavy atom. The van der Waals surface area contributed by atoms with Crippen LogP contribution < -0.4 is 5.32 Å². The quantitative estimate of drug-likeness (QED) is 0.262. The second-order valence-corrected chi connectivity index (χ2v) is 17.7. The third-order valence-electron chi connectivity index (χ3n) is 12.7. The average molecular weight is 741 g/mol. The number of methoxy groups -OCH3 is 1. The summed E-state index contributed by atoms with van der Waals surface area (Å²) in [5.74, 6) is -1.60. The molecule has 0 saturated carbocycles. The van der Waals surface area contributed by atoms with E-state index in [9.17, 15) is 20.1 Å². The van der Waals surface area contributed by atoms with E-state index in [-0.39, 0.29) is 30.2 Å². The lowest BCUT2D eigenvalue weighted by atomic mass is 9.77. The number of hydrogen-bond donors (Lipinski definition) is 4. The number of fused-ring (bicyclic) bond motifs is 2. The first-order chi connectivity index (χ1) is 24.1. The standard InChI is InChI=1S/C40H72N2O10/c1-15-16-29-40(12,46)34(44)25(7)32-22(4)18-39(11,52-32)35(51-37-31(43)28(17-23(5)49-37)42(13)21(2)3)26(8)33(27(9)36(45)41-29)50-30-20-38(10,47-14)19-24(6)48-30/h21,23-31,33-35,37,43-44,46H,15-20H2,1-14H3,(H,41,45)/t23-,24+,25+,26+,27-,28+,29?,30?,31-,33+,34-,35-,37?,38+,39-,40-/m1/s1. The first-order valence-corrected chi connectivity index (χ1v) is 19.8. The van der Waals surface area contributed by atoms with Crippen LogP contribution in [0.1, 0.15) is 122 Å². The maximum atomic E-state index is 14.4. The number of amides is 1. The summed E-state index contributed by atoms with van der Waals surface area (Å²) < 4.78 is 39.5. The van der Waals surface area contributed by atoms with Gasteiger partial charge in [0.15, 0.2) is 12.6 Å². The molecule has 12 nitrogen and oxygen atoms in total. The summed E-state index contributed by atoms with van der Waals surface area (Å²) in [6.07, 6.45) is -2.39. The molecule has 12 heteroatoms. The highest BCUT2D eigenvalue weighted by atomic mass is 16.7. The zero-order valence-electron chi connectivity index (χ0n) is 34.5. The van der Waals surface area contributed by atoms with E-state index < -0.39 is 77.6 Å². The number of ether oxygens (including phenoxy) is 6. The fraction of sp³-hybridized carbons (Fsp3) is 0.925. The molecule has 302 valence electrons. The zero-order chi connectivity index (χ0) is 39.1. The molecule has 3 saturated heterocycles. The van der Waals surface area contributed by atoms with E-state index in [1.54, 1.807) is 14.0 Å². The van der Waals surface area contributed by atoms with E-state index in [0.29, 0.717) is 44.3 Å². The van der Waals surface area contributed by atoms with Crippen molar-refractivity contribution in [1.82, 2.24) is 10.2 Å². The Hall–Kier alpha value is -1.35. The van der Waals surface area contributed by atoms with E-state index in [2.05, 4.69) is 24.1 Å². The first kappa shape index (κ1) is 43.4. The van der Waals surface area contributed by atoms with Gasteiger partial charge in [-0.1, -0.05) is 34.1 Å². The van der Waals surface area contributed by atoms with Crippen LogP contribution in [0.5, 0.6) is 0 Å². The van der Waals surface area contributed by atoms with Crippen molar-refractivity contribution in [2.45, 2.75) is 206 Å². The van der Waals surface area contributed by atoms with Gasteiger partial charge < -0.3 is 49.1 Å². The molecule has 0 aliphatic carbocycles. The van der Waals surface area contributed by atoms with Crippen LogP contribution in [0.25, 0.3) is 0 Å². The first-order valence-electron chi connectivity index (χ1n) is 19.8. The average Bonchev–Trinajstić information content (AvgIpc) is 3.38. The Kier molecular flexibility index (Phi) is 14.0. The molecule has 1 amide bonds. The molecule has 0 aromatic rings. The van der Waals surface area contributed by atoms with Crippen LogP contribution >= 0.6 is 0 Å². The minimum absolute atomic E-state index is 0.149. The van der Waals surface area contributed by atoms with Gasteiger partial charge in [0.2, 0.25) is 5.91 Å². The topological polar surface area (TPSA) is 148 Å². The van der Waals surface area contributed by atoms with Gasteiger partial charge in [-0.25, -0.2) is 0 Å². The third-order valence-corrected chi connectivity index (χ3v) is 12.7. The number of rotatable bonds is 9. The van der Waals surface area contributed by atoms with Gasteiger partial charge in [0.1, 0.15) is 29.2 Å². The van der Waals surface area contributed by atoms with Crippen LogP contribution in [0, 0.1) is 17.8 Å². The molecular weight excluding hydrogens is 668 g/mol. The maximum Gasteiger partial charge on any atom is 0.225 e. The summed E-state index contributed by atoms with van der Waals surface area (Å²) in [4.78, 5) is 16.5.